The first kappa shape index (κ1) is 17.8. The first-order chi connectivity index (χ1) is 12.6. The van der Waals surface area contributed by atoms with Crippen molar-refractivity contribution in [1.82, 2.24) is 5.43 Å². The van der Waals surface area contributed by atoms with Gasteiger partial charge in [-0.1, -0.05) is 29.8 Å². The van der Waals surface area contributed by atoms with Gasteiger partial charge in [-0.05, 0) is 53.4 Å². The van der Waals surface area contributed by atoms with Crippen molar-refractivity contribution >= 4 is 41.0 Å². The van der Waals surface area contributed by atoms with E-state index in [1.807, 2.05) is 5.38 Å². The second kappa shape index (κ2) is 8.42. The maximum Gasteiger partial charge on any atom is 0.345 e. The lowest BCUT2D eigenvalue weighted by Gasteiger charge is -2.05. The van der Waals surface area contributed by atoms with Crippen LogP contribution in [0.4, 0.5) is 0 Å². The number of amides is 1. The molecule has 3 aromatic rings. The second-order valence-corrected chi connectivity index (χ2v) is 6.47. The zero-order valence-corrected chi connectivity index (χ0v) is 15.0. The molecule has 0 saturated heterocycles. The lowest BCUT2D eigenvalue weighted by Crippen LogP contribution is -2.16. The maximum atomic E-state index is 12.1. The fourth-order valence-electron chi connectivity index (χ4n) is 2.04. The number of thiophene rings is 1. The van der Waals surface area contributed by atoms with Crippen molar-refractivity contribution in [1.29, 1.82) is 0 Å². The molecule has 1 N–H and O–H groups in total. The molecule has 0 unspecified atom stereocenters. The Labute approximate surface area is 158 Å². The van der Waals surface area contributed by atoms with Crippen LogP contribution >= 0.6 is 22.9 Å². The van der Waals surface area contributed by atoms with Gasteiger partial charge in [-0.3, -0.25) is 4.79 Å². The summed E-state index contributed by atoms with van der Waals surface area (Å²) in [5, 5.41) is 6.06. The van der Waals surface area contributed by atoms with Crippen molar-refractivity contribution in [2.45, 2.75) is 0 Å². The summed E-state index contributed by atoms with van der Waals surface area (Å²) in [6.07, 6.45) is 1.51. The van der Waals surface area contributed by atoms with Crippen molar-refractivity contribution in [2.24, 2.45) is 5.10 Å². The number of hydrogen-bond donors (Lipinski definition) is 1. The summed E-state index contributed by atoms with van der Waals surface area (Å²) in [5.41, 5.74) is 3.50. The minimum atomic E-state index is -0.528. The van der Waals surface area contributed by atoms with E-state index < -0.39 is 5.97 Å². The average Bonchev–Trinajstić information content (AvgIpc) is 3.18. The molecule has 130 valence electrons. The first-order valence-electron chi connectivity index (χ1n) is 7.57. The fraction of sp³-hybridized carbons (Fsp3) is 0. The summed E-state index contributed by atoms with van der Waals surface area (Å²) in [6.45, 7) is 0. The van der Waals surface area contributed by atoms with Gasteiger partial charge >= 0.3 is 5.97 Å². The number of hydrazone groups is 1. The molecule has 7 heteroatoms. The van der Waals surface area contributed by atoms with Gasteiger partial charge in [0, 0.05) is 0 Å². The Kier molecular flexibility index (Phi) is 5.78. The number of halogens is 1. The van der Waals surface area contributed by atoms with Crippen molar-refractivity contribution in [3.63, 3.8) is 0 Å². The van der Waals surface area contributed by atoms with Gasteiger partial charge in [0.1, 0.15) is 5.75 Å². The normalized spacial score (nSPS) is 10.7. The molecule has 0 radical (unpaired) electrons. The van der Waals surface area contributed by atoms with Crippen molar-refractivity contribution in [3.8, 4) is 5.75 Å². The molecule has 1 heterocycles. The summed E-state index contributed by atoms with van der Waals surface area (Å²) in [6, 6.07) is 16.9. The molecule has 26 heavy (non-hydrogen) atoms. The fourth-order valence-corrected chi connectivity index (χ4v) is 2.87. The molecule has 2 aromatic carbocycles. The monoisotopic (exact) mass is 384 g/mol. The van der Waals surface area contributed by atoms with Gasteiger partial charge in [-0.2, -0.15) is 5.10 Å². The van der Waals surface area contributed by atoms with Crippen LogP contribution in [0.5, 0.6) is 5.75 Å². The summed E-state index contributed by atoms with van der Waals surface area (Å²) < 4.78 is 5.29. The molecule has 0 fully saturated rings. The zero-order chi connectivity index (χ0) is 18.4. The van der Waals surface area contributed by atoms with E-state index >= 15 is 0 Å². The third-order valence-corrected chi connectivity index (χ3v) is 4.51. The van der Waals surface area contributed by atoms with Crippen LogP contribution < -0.4 is 10.2 Å². The molecule has 1 aromatic heterocycles. The van der Waals surface area contributed by atoms with E-state index in [1.165, 1.54) is 17.6 Å². The average molecular weight is 385 g/mol. The predicted octanol–water partition coefficient (Wildman–Crippen LogP) is 4.38. The standard InChI is InChI=1S/C19H13ClN2O3S/c20-16-5-2-1-4-15(16)19(24)25-14-9-7-13(8-10-14)12-21-22-18(23)17-6-3-11-26-17/h1-12H,(H,22,23)/b21-12-. The minimum absolute atomic E-state index is 0.262. The SMILES string of the molecule is O=C(N/N=C\c1ccc(OC(=O)c2ccccc2Cl)cc1)c1cccs1. The molecule has 0 spiro atoms. The Morgan fingerprint density at radius 3 is 2.50 bits per heavy atom. The second-order valence-electron chi connectivity index (χ2n) is 5.11. The van der Waals surface area contributed by atoms with Gasteiger partial charge in [-0.25, -0.2) is 10.2 Å². The van der Waals surface area contributed by atoms with E-state index in [0.717, 1.165) is 5.56 Å². The third kappa shape index (κ3) is 4.56. The quantitative estimate of drug-likeness (QED) is 0.307. The highest BCUT2D eigenvalue weighted by molar-refractivity contribution is 7.12. The van der Waals surface area contributed by atoms with Gasteiger partial charge in [0.25, 0.3) is 5.91 Å². The molecule has 0 aliphatic rings. The van der Waals surface area contributed by atoms with Crippen molar-refractivity contribution < 1.29 is 14.3 Å². The topological polar surface area (TPSA) is 67.8 Å². The van der Waals surface area contributed by atoms with E-state index in [0.29, 0.717) is 21.2 Å². The number of nitrogens with one attached hydrogen (secondary N) is 1. The highest BCUT2D eigenvalue weighted by Crippen LogP contribution is 2.19. The van der Waals surface area contributed by atoms with E-state index in [1.54, 1.807) is 60.7 Å². The van der Waals surface area contributed by atoms with Crippen molar-refractivity contribution in [2.75, 3.05) is 0 Å². The maximum absolute atomic E-state index is 12.1. The van der Waals surface area contributed by atoms with Crippen LogP contribution in [-0.2, 0) is 0 Å². The Bertz CT molecular complexity index is 938. The minimum Gasteiger partial charge on any atom is -0.423 e. The Morgan fingerprint density at radius 1 is 1.04 bits per heavy atom. The molecule has 0 atom stereocenters. The van der Waals surface area contributed by atoms with E-state index in [9.17, 15) is 9.59 Å². The number of nitrogens with zero attached hydrogens (tertiary/aromatic N) is 1. The third-order valence-electron chi connectivity index (χ3n) is 3.31. The zero-order valence-electron chi connectivity index (χ0n) is 13.4. The first-order valence-corrected chi connectivity index (χ1v) is 8.83. The molecule has 0 aliphatic carbocycles. The van der Waals surface area contributed by atoms with Crippen molar-refractivity contribution in [3.05, 3.63) is 87.1 Å². The number of ether oxygens (including phenoxy) is 1. The predicted molar refractivity (Wildman–Crippen MR) is 102 cm³/mol. The number of esters is 1. The van der Waals surface area contributed by atoms with Gasteiger partial charge < -0.3 is 4.74 Å². The molecule has 5 nitrogen and oxygen atoms in total. The molecule has 0 aliphatic heterocycles. The number of benzene rings is 2. The largest absolute Gasteiger partial charge is 0.423 e. The molecular formula is C19H13ClN2O3S. The molecule has 0 saturated carbocycles. The smallest absolute Gasteiger partial charge is 0.345 e. The Balaban J connectivity index is 1.58. The summed E-state index contributed by atoms with van der Waals surface area (Å²) >= 11 is 7.32. The Hall–Kier alpha value is -2.96. The lowest BCUT2D eigenvalue weighted by atomic mass is 10.2. The molecule has 0 bridgehead atoms. The number of carbonyl (C=O) groups excluding carboxylic acids is 2. The highest BCUT2D eigenvalue weighted by atomic mass is 35.5. The lowest BCUT2D eigenvalue weighted by molar-refractivity contribution is 0.0734. The van der Waals surface area contributed by atoms with E-state index in [-0.39, 0.29) is 5.91 Å². The highest BCUT2D eigenvalue weighted by Gasteiger charge is 2.11. The van der Waals surface area contributed by atoms with Crippen LogP contribution in [0.3, 0.4) is 0 Å². The number of rotatable bonds is 5. The Morgan fingerprint density at radius 2 is 1.81 bits per heavy atom. The van der Waals surface area contributed by atoms with Crippen LogP contribution in [0.25, 0.3) is 0 Å². The number of hydrogen-bond acceptors (Lipinski definition) is 5. The van der Waals surface area contributed by atoms with E-state index in [2.05, 4.69) is 10.5 Å². The van der Waals surface area contributed by atoms with Crippen LogP contribution in [0, 0.1) is 0 Å². The van der Waals surface area contributed by atoms with Gasteiger partial charge in [0.05, 0.1) is 21.7 Å². The van der Waals surface area contributed by atoms with Crippen LogP contribution in [0.15, 0.2) is 71.1 Å². The van der Waals surface area contributed by atoms with Crippen LogP contribution in [0.1, 0.15) is 25.6 Å². The van der Waals surface area contributed by atoms with E-state index in [4.69, 9.17) is 16.3 Å². The summed E-state index contributed by atoms with van der Waals surface area (Å²) in [7, 11) is 0. The van der Waals surface area contributed by atoms with Gasteiger partial charge in [0.15, 0.2) is 0 Å². The summed E-state index contributed by atoms with van der Waals surface area (Å²) in [4.78, 5) is 24.4. The van der Waals surface area contributed by atoms with Crippen LogP contribution in [0.2, 0.25) is 5.02 Å². The van der Waals surface area contributed by atoms with Gasteiger partial charge in [-0.15, -0.1) is 11.3 Å². The molecular weight excluding hydrogens is 372 g/mol. The molecule has 1 amide bonds. The molecule has 3 rings (SSSR count). The van der Waals surface area contributed by atoms with Crippen LogP contribution in [-0.4, -0.2) is 18.1 Å². The summed E-state index contributed by atoms with van der Waals surface area (Å²) in [5.74, 6) is -0.406. The number of carbonyl (C=O) groups is 2. The van der Waals surface area contributed by atoms with Gasteiger partial charge in [0.2, 0.25) is 0 Å².